The van der Waals surface area contributed by atoms with Gasteiger partial charge < -0.3 is 15.4 Å². The number of ether oxygens (including phenoxy) is 1. The predicted octanol–water partition coefficient (Wildman–Crippen LogP) is 4.59. The number of carbonyl (C=O) groups is 2. The standard InChI is InChI=1S/C22H25ClN2O3/c1-24-22(27)19-14-16(10-11-20(19)23)25-21(26)12-9-15-5-4-8-18(13-15)28-17-6-2-3-7-17/h4-5,8,10-11,13-14,17H,2-3,6-7,9,12H2,1H3,(H,24,27)(H,25,26). The number of amides is 2. The minimum Gasteiger partial charge on any atom is -0.490 e. The summed E-state index contributed by atoms with van der Waals surface area (Å²) in [7, 11) is 1.54. The van der Waals surface area contributed by atoms with Crippen LogP contribution < -0.4 is 15.4 Å². The van der Waals surface area contributed by atoms with E-state index in [0.29, 0.717) is 35.2 Å². The fourth-order valence-electron chi connectivity index (χ4n) is 3.37. The van der Waals surface area contributed by atoms with Crippen molar-refractivity contribution < 1.29 is 14.3 Å². The molecule has 0 radical (unpaired) electrons. The topological polar surface area (TPSA) is 67.4 Å². The molecule has 1 aliphatic carbocycles. The molecule has 0 unspecified atom stereocenters. The lowest BCUT2D eigenvalue weighted by Gasteiger charge is -2.14. The van der Waals surface area contributed by atoms with Crippen molar-refractivity contribution in [1.29, 1.82) is 0 Å². The predicted molar refractivity (Wildman–Crippen MR) is 111 cm³/mol. The molecule has 3 rings (SSSR count). The lowest BCUT2D eigenvalue weighted by Crippen LogP contribution is -2.19. The van der Waals surface area contributed by atoms with Crippen molar-refractivity contribution in [1.82, 2.24) is 5.32 Å². The van der Waals surface area contributed by atoms with Gasteiger partial charge in [-0.1, -0.05) is 23.7 Å². The molecule has 1 aliphatic rings. The van der Waals surface area contributed by atoms with E-state index in [1.54, 1.807) is 18.2 Å². The van der Waals surface area contributed by atoms with E-state index in [9.17, 15) is 9.59 Å². The second kappa shape index (κ2) is 9.60. The number of carbonyl (C=O) groups excluding carboxylic acids is 2. The first kappa shape index (κ1) is 20.2. The maximum Gasteiger partial charge on any atom is 0.252 e. The summed E-state index contributed by atoms with van der Waals surface area (Å²) < 4.78 is 6.02. The van der Waals surface area contributed by atoms with Crippen LogP contribution in [0.15, 0.2) is 42.5 Å². The lowest BCUT2D eigenvalue weighted by molar-refractivity contribution is -0.116. The number of benzene rings is 2. The second-order valence-electron chi connectivity index (χ2n) is 6.99. The van der Waals surface area contributed by atoms with Crippen LogP contribution in [0, 0.1) is 0 Å². The molecular weight excluding hydrogens is 376 g/mol. The van der Waals surface area contributed by atoms with Gasteiger partial charge in [0.05, 0.1) is 16.7 Å². The summed E-state index contributed by atoms with van der Waals surface area (Å²) in [5, 5.41) is 5.70. The van der Waals surface area contributed by atoms with E-state index >= 15 is 0 Å². The summed E-state index contributed by atoms with van der Waals surface area (Å²) in [6.45, 7) is 0. The van der Waals surface area contributed by atoms with Gasteiger partial charge in [-0.15, -0.1) is 0 Å². The van der Waals surface area contributed by atoms with Crippen molar-refractivity contribution in [3.63, 3.8) is 0 Å². The number of anilines is 1. The summed E-state index contributed by atoms with van der Waals surface area (Å²) in [5.74, 6) is 0.463. The van der Waals surface area contributed by atoms with Gasteiger partial charge in [0, 0.05) is 19.2 Å². The second-order valence-corrected chi connectivity index (χ2v) is 7.40. The maximum atomic E-state index is 12.3. The molecule has 0 heterocycles. The van der Waals surface area contributed by atoms with E-state index < -0.39 is 0 Å². The molecule has 1 fully saturated rings. The van der Waals surface area contributed by atoms with Gasteiger partial charge >= 0.3 is 0 Å². The fraction of sp³-hybridized carbons (Fsp3) is 0.364. The summed E-state index contributed by atoms with van der Waals surface area (Å²) >= 11 is 6.04. The van der Waals surface area contributed by atoms with Crippen molar-refractivity contribution in [2.75, 3.05) is 12.4 Å². The molecule has 1 saturated carbocycles. The molecule has 0 spiro atoms. The molecule has 2 aromatic carbocycles. The zero-order valence-corrected chi connectivity index (χ0v) is 16.7. The summed E-state index contributed by atoms with van der Waals surface area (Å²) in [6.07, 6.45) is 5.97. The van der Waals surface area contributed by atoms with E-state index in [1.807, 2.05) is 24.3 Å². The van der Waals surface area contributed by atoms with E-state index in [-0.39, 0.29) is 11.8 Å². The molecular formula is C22H25ClN2O3. The first-order valence-corrected chi connectivity index (χ1v) is 10.00. The number of rotatable bonds is 7. The normalized spacial score (nSPS) is 13.9. The first-order chi connectivity index (χ1) is 13.5. The van der Waals surface area contributed by atoms with Crippen LogP contribution in [-0.2, 0) is 11.2 Å². The zero-order valence-electron chi connectivity index (χ0n) is 16.0. The Morgan fingerprint density at radius 2 is 1.93 bits per heavy atom. The van der Waals surface area contributed by atoms with E-state index in [2.05, 4.69) is 10.6 Å². The molecule has 5 nitrogen and oxygen atoms in total. The van der Waals surface area contributed by atoms with Gasteiger partial charge in [-0.3, -0.25) is 9.59 Å². The molecule has 0 aliphatic heterocycles. The van der Waals surface area contributed by atoms with Crippen LogP contribution in [0.2, 0.25) is 5.02 Å². The van der Waals surface area contributed by atoms with Crippen LogP contribution >= 0.6 is 11.6 Å². The third-order valence-electron chi connectivity index (χ3n) is 4.87. The molecule has 6 heteroatoms. The Hall–Kier alpha value is -2.53. The Morgan fingerprint density at radius 1 is 1.14 bits per heavy atom. The monoisotopic (exact) mass is 400 g/mol. The highest BCUT2D eigenvalue weighted by molar-refractivity contribution is 6.34. The molecule has 0 atom stereocenters. The van der Waals surface area contributed by atoms with Crippen molar-refractivity contribution in [3.8, 4) is 5.75 Å². The van der Waals surface area contributed by atoms with Gasteiger partial charge in [-0.05, 0) is 68.0 Å². The Labute approximate surface area is 170 Å². The highest BCUT2D eigenvalue weighted by Gasteiger charge is 2.16. The van der Waals surface area contributed by atoms with E-state index in [4.69, 9.17) is 16.3 Å². The van der Waals surface area contributed by atoms with Crippen LogP contribution in [0.5, 0.6) is 5.75 Å². The molecule has 28 heavy (non-hydrogen) atoms. The molecule has 0 bridgehead atoms. The number of aryl methyl sites for hydroxylation is 1. The average molecular weight is 401 g/mol. The zero-order chi connectivity index (χ0) is 19.9. The van der Waals surface area contributed by atoms with Gasteiger partial charge in [0.15, 0.2) is 0 Å². The third-order valence-corrected chi connectivity index (χ3v) is 5.20. The van der Waals surface area contributed by atoms with Crippen LogP contribution in [0.4, 0.5) is 5.69 Å². The van der Waals surface area contributed by atoms with Gasteiger partial charge in [0.25, 0.3) is 5.91 Å². The lowest BCUT2D eigenvalue weighted by atomic mass is 10.1. The Kier molecular flexibility index (Phi) is 6.93. The smallest absolute Gasteiger partial charge is 0.252 e. The summed E-state index contributed by atoms with van der Waals surface area (Å²) in [4.78, 5) is 24.1. The Bertz CT molecular complexity index is 847. The van der Waals surface area contributed by atoms with Crippen molar-refractivity contribution in [3.05, 3.63) is 58.6 Å². The number of hydrogen-bond acceptors (Lipinski definition) is 3. The molecule has 2 N–H and O–H groups in total. The summed E-state index contributed by atoms with van der Waals surface area (Å²) in [5.41, 5.74) is 1.94. The first-order valence-electron chi connectivity index (χ1n) is 9.62. The third kappa shape index (κ3) is 5.49. The van der Waals surface area contributed by atoms with Crippen LogP contribution in [0.1, 0.15) is 48.0 Å². The number of halogens is 1. The minimum atomic E-state index is -0.292. The molecule has 2 aromatic rings. The van der Waals surface area contributed by atoms with E-state index in [0.717, 1.165) is 24.2 Å². The van der Waals surface area contributed by atoms with Crippen LogP contribution in [-0.4, -0.2) is 25.0 Å². The van der Waals surface area contributed by atoms with Crippen molar-refractivity contribution in [2.24, 2.45) is 0 Å². The fourth-order valence-corrected chi connectivity index (χ4v) is 3.57. The minimum absolute atomic E-state index is 0.118. The highest BCUT2D eigenvalue weighted by Crippen LogP contribution is 2.25. The maximum absolute atomic E-state index is 12.3. The van der Waals surface area contributed by atoms with Gasteiger partial charge in [-0.2, -0.15) is 0 Å². The molecule has 148 valence electrons. The van der Waals surface area contributed by atoms with E-state index in [1.165, 1.54) is 19.9 Å². The summed E-state index contributed by atoms with van der Waals surface area (Å²) in [6, 6.07) is 12.8. The number of nitrogens with one attached hydrogen (secondary N) is 2. The molecule has 0 aromatic heterocycles. The quantitative estimate of drug-likeness (QED) is 0.714. The number of hydrogen-bond donors (Lipinski definition) is 2. The van der Waals surface area contributed by atoms with Crippen molar-refractivity contribution in [2.45, 2.75) is 44.6 Å². The molecule has 2 amide bonds. The largest absolute Gasteiger partial charge is 0.490 e. The van der Waals surface area contributed by atoms with Gasteiger partial charge in [0.2, 0.25) is 5.91 Å². The Balaban J connectivity index is 1.55. The van der Waals surface area contributed by atoms with Crippen LogP contribution in [0.25, 0.3) is 0 Å². The van der Waals surface area contributed by atoms with Crippen molar-refractivity contribution >= 4 is 29.1 Å². The average Bonchev–Trinajstić information content (AvgIpc) is 3.20. The van der Waals surface area contributed by atoms with Gasteiger partial charge in [-0.25, -0.2) is 0 Å². The highest BCUT2D eigenvalue weighted by atomic mass is 35.5. The SMILES string of the molecule is CNC(=O)c1cc(NC(=O)CCc2cccc(OC3CCCC3)c2)ccc1Cl. The molecule has 0 saturated heterocycles. The Morgan fingerprint density at radius 3 is 2.68 bits per heavy atom. The van der Waals surface area contributed by atoms with Gasteiger partial charge in [0.1, 0.15) is 5.75 Å². The van der Waals surface area contributed by atoms with Crippen LogP contribution in [0.3, 0.4) is 0 Å².